The standard InChI is InChI=1S/C16H26N2O3/c1-15(2,3)21-13-7-6-12(10-17-13)14(20)18-11-16(4,5)8-9-19/h6-7,10,19H,8-9,11H2,1-5H3,(H,18,20). The lowest BCUT2D eigenvalue weighted by Gasteiger charge is -2.24. The third-order valence-electron chi connectivity index (χ3n) is 2.93. The number of hydrogen-bond donors (Lipinski definition) is 2. The molecule has 0 fully saturated rings. The van der Waals surface area contributed by atoms with Gasteiger partial charge < -0.3 is 15.2 Å². The molecule has 0 spiro atoms. The zero-order chi connectivity index (χ0) is 16.1. The predicted octanol–water partition coefficient (Wildman–Crippen LogP) is 2.40. The number of amides is 1. The highest BCUT2D eigenvalue weighted by atomic mass is 16.5. The Morgan fingerprint density at radius 2 is 1.95 bits per heavy atom. The van der Waals surface area contributed by atoms with Gasteiger partial charge in [0.2, 0.25) is 5.88 Å². The molecular weight excluding hydrogens is 268 g/mol. The minimum absolute atomic E-state index is 0.114. The predicted molar refractivity (Wildman–Crippen MR) is 82.4 cm³/mol. The summed E-state index contributed by atoms with van der Waals surface area (Å²) in [7, 11) is 0. The largest absolute Gasteiger partial charge is 0.472 e. The number of rotatable bonds is 6. The van der Waals surface area contributed by atoms with Crippen molar-refractivity contribution >= 4 is 5.91 Å². The molecule has 0 bridgehead atoms. The number of nitrogens with zero attached hydrogens (tertiary/aromatic N) is 1. The van der Waals surface area contributed by atoms with Gasteiger partial charge in [0.15, 0.2) is 0 Å². The summed E-state index contributed by atoms with van der Waals surface area (Å²) < 4.78 is 5.61. The summed E-state index contributed by atoms with van der Waals surface area (Å²) in [6, 6.07) is 3.39. The highest BCUT2D eigenvalue weighted by Crippen LogP contribution is 2.19. The zero-order valence-electron chi connectivity index (χ0n) is 13.6. The number of carbonyl (C=O) groups is 1. The van der Waals surface area contributed by atoms with Crippen molar-refractivity contribution in [2.75, 3.05) is 13.2 Å². The van der Waals surface area contributed by atoms with Crippen molar-refractivity contribution in [2.45, 2.75) is 46.6 Å². The molecule has 1 aromatic heterocycles. The molecule has 5 nitrogen and oxygen atoms in total. The molecule has 5 heteroatoms. The SMILES string of the molecule is CC(C)(CCO)CNC(=O)c1ccc(OC(C)(C)C)nc1. The van der Waals surface area contributed by atoms with Crippen LogP contribution in [0.1, 0.15) is 51.4 Å². The van der Waals surface area contributed by atoms with Crippen molar-refractivity contribution in [3.8, 4) is 5.88 Å². The minimum atomic E-state index is -0.314. The van der Waals surface area contributed by atoms with Crippen molar-refractivity contribution in [2.24, 2.45) is 5.41 Å². The van der Waals surface area contributed by atoms with Gasteiger partial charge in [-0.1, -0.05) is 13.8 Å². The number of hydrogen-bond acceptors (Lipinski definition) is 4. The fourth-order valence-corrected chi connectivity index (χ4v) is 1.70. The molecule has 118 valence electrons. The number of aliphatic hydroxyl groups excluding tert-OH is 1. The Bertz CT molecular complexity index is 461. The lowest BCUT2D eigenvalue weighted by Crippen LogP contribution is -2.34. The maximum Gasteiger partial charge on any atom is 0.252 e. The van der Waals surface area contributed by atoms with Gasteiger partial charge in [-0.25, -0.2) is 4.98 Å². The summed E-state index contributed by atoms with van der Waals surface area (Å²) in [6.07, 6.45) is 2.15. The molecule has 0 aliphatic heterocycles. The second kappa shape index (κ2) is 6.89. The number of aliphatic hydroxyl groups is 1. The van der Waals surface area contributed by atoms with Crippen LogP contribution < -0.4 is 10.1 Å². The Balaban J connectivity index is 2.59. The molecule has 0 aromatic carbocycles. The summed E-state index contributed by atoms with van der Waals surface area (Å²) in [5.41, 5.74) is 0.0501. The van der Waals surface area contributed by atoms with Gasteiger partial charge in [0.05, 0.1) is 5.56 Å². The summed E-state index contributed by atoms with van der Waals surface area (Å²) in [5, 5.41) is 11.8. The third-order valence-corrected chi connectivity index (χ3v) is 2.93. The summed E-state index contributed by atoms with van der Waals surface area (Å²) >= 11 is 0. The highest BCUT2D eigenvalue weighted by molar-refractivity contribution is 5.93. The van der Waals surface area contributed by atoms with Crippen LogP contribution in [0.25, 0.3) is 0 Å². The molecule has 1 amide bonds. The molecule has 0 radical (unpaired) electrons. The van der Waals surface area contributed by atoms with E-state index in [2.05, 4.69) is 10.3 Å². The second-order valence-electron chi connectivity index (χ2n) is 6.92. The monoisotopic (exact) mass is 294 g/mol. The number of aromatic nitrogens is 1. The minimum Gasteiger partial charge on any atom is -0.472 e. The first-order valence-corrected chi connectivity index (χ1v) is 7.17. The smallest absolute Gasteiger partial charge is 0.252 e. The first-order chi connectivity index (χ1) is 9.63. The molecule has 0 atom stereocenters. The van der Waals surface area contributed by atoms with Crippen LogP contribution >= 0.6 is 0 Å². The summed E-state index contributed by atoms with van der Waals surface area (Å²) in [4.78, 5) is 16.2. The Labute approximate surface area is 126 Å². The van der Waals surface area contributed by atoms with Gasteiger partial charge in [-0.15, -0.1) is 0 Å². The van der Waals surface area contributed by atoms with Crippen LogP contribution in [0, 0.1) is 5.41 Å². The van der Waals surface area contributed by atoms with Gasteiger partial charge in [0, 0.05) is 25.4 Å². The highest BCUT2D eigenvalue weighted by Gasteiger charge is 2.19. The van der Waals surface area contributed by atoms with Crippen molar-refractivity contribution in [3.05, 3.63) is 23.9 Å². The van der Waals surface area contributed by atoms with Crippen LogP contribution in [0.2, 0.25) is 0 Å². The number of ether oxygens (including phenoxy) is 1. The van der Waals surface area contributed by atoms with Crippen molar-refractivity contribution in [1.82, 2.24) is 10.3 Å². The average Bonchev–Trinajstić information content (AvgIpc) is 2.35. The van der Waals surface area contributed by atoms with Crippen LogP contribution in [-0.4, -0.2) is 34.8 Å². The van der Waals surface area contributed by atoms with Crippen molar-refractivity contribution in [1.29, 1.82) is 0 Å². The Morgan fingerprint density at radius 3 is 2.43 bits per heavy atom. The zero-order valence-corrected chi connectivity index (χ0v) is 13.6. The van der Waals surface area contributed by atoms with Crippen molar-refractivity contribution < 1.29 is 14.6 Å². The van der Waals surface area contributed by atoms with E-state index in [-0.39, 0.29) is 23.5 Å². The van der Waals surface area contributed by atoms with Gasteiger partial charge >= 0.3 is 0 Å². The fraction of sp³-hybridized carbons (Fsp3) is 0.625. The van der Waals surface area contributed by atoms with Gasteiger partial charge in [-0.2, -0.15) is 0 Å². The quantitative estimate of drug-likeness (QED) is 0.845. The van der Waals surface area contributed by atoms with Gasteiger partial charge in [-0.3, -0.25) is 4.79 Å². The lowest BCUT2D eigenvalue weighted by atomic mass is 9.90. The van der Waals surface area contributed by atoms with Gasteiger partial charge in [0.25, 0.3) is 5.91 Å². The van der Waals surface area contributed by atoms with Crippen LogP contribution in [-0.2, 0) is 0 Å². The summed E-state index contributed by atoms with van der Waals surface area (Å²) in [5.74, 6) is 0.329. The third kappa shape index (κ3) is 6.58. The maximum atomic E-state index is 12.0. The van der Waals surface area contributed by atoms with E-state index in [4.69, 9.17) is 9.84 Å². The molecule has 0 unspecified atom stereocenters. The Kier molecular flexibility index (Phi) is 5.72. The molecule has 0 saturated carbocycles. The Morgan fingerprint density at radius 1 is 1.29 bits per heavy atom. The molecule has 0 aliphatic carbocycles. The molecule has 1 aromatic rings. The van der Waals surface area contributed by atoms with Crippen molar-refractivity contribution in [3.63, 3.8) is 0 Å². The van der Waals surface area contributed by atoms with Crippen LogP contribution in [0.3, 0.4) is 0 Å². The number of pyridine rings is 1. The molecule has 1 heterocycles. The van der Waals surface area contributed by atoms with E-state index in [9.17, 15) is 4.79 Å². The molecule has 1 rings (SSSR count). The second-order valence-corrected chi connectivity index (χ2v) is 6.92. The molecule has 0 saturated heterocycles. The van der Waals surface area contributed by atoms with E-state index in [1.165, 1.54) is 6.20 Å². The Hall–Kier alpha value is -1.62. The van der Waals surface area contributed by atoms with E-state index >= 15 is 0 Å². The molecule has 2 N–H and O–H groups in total. The molecule has 0 aliphatic rings. The normalized spacial score (nSPS) is 12.1. The maximum absolute atomic E-state index is 12.0. The summed E-state index contributed by atoms with van der Waals surface area (Å²) in [6.45, 7) is 10.5. The molecule has 21 heavy (non-hydrogen) atoms. The first kappa shape index (κ1) is 17.4. The van der Waals surface area contributed by atoms with Crippen LogP contribution in [0.15, 0.2) is 18.3 Å². The van der Waals surface area contributed by atoms with Crippen LogP contribution in [0.4, 0.5) is 0 Å². The van der Waals surface area contributed by atoms with Crippen LogP contribution in [0.5, 0.6) is 5.88 Å². The van der Waals surface area contributed by atoms with E-state index in [0.717, 1.165) is 0 Å². The average molecular weight is 294 g/mol. The number of nitrogens with one attached hydrogen (secondary N) is 1. The van der Waals surface area contributed by atoms with E-state index in [0.29, 0.717) is 24.4 Å². The molecular formula is C16H26N2O3. The fourth-order valence-electron chi connectivity index (χ4n) is 1.70. The van der Waals surface area contributed by atoms with Gasteiger partial charge in [0.1, 0.15) is 5.60 Å². The first-order valence-electron chi connectivity index (χ1n) is 7.17. The van der Waals surface area contributed by atoms with Gasteiger partial charge in [-0.05, 0) is 38.7 Å². The topological polar surface area (TPSA) is 71.5 Å². The van der Waals surface area contributed by atoms with E-state index in [1.54, 1.807) is 12.1 Å². The van der Waals surface area contributed by atoms with E-state index < -0.39 is 0 Å². The van der Waals surface area contributed by atoms with E-state index in [1.807, 2.05) is 34.6 Å². The number of carbonyl (C=O) groups excluding carboxylic acids is 1. The lowest BCUT2D eigenvalue weighted by molar-refractivity contribution is 0.0927.